The monoisotopic (exact) mass is 566 g/mol. The molecule has 0 aliphatic heterocycles. The Morgan fingerprint density at radius 1 is 0.442 bits per heavy atom. The van der Waals surface area contributed by atoms with Crippen molar-refractivity contribution < 1.29 is 0 Å². The highest BCUT2D eigenvalue weighted by atomic mass is 32.1. The average Bonchev–Trinajstić information content (AvgIpc) is 3.61. The van der Waals surface area contributed by atoms with Gasteiger partial charge in [0.25, 0.3) is 0 Å². The summed E-state index contributed by atoms with van der Waals surface area (Å²) in [5.41, 5.74) is 7.09. The lowest BCUT2D eigenvalue weighted by Gasteiger charge is -2.25. The van der Waals surface area contributed by atoms with Crippen LogP contribution >= 0.6 is 11.3 Å². The SMILES string of the molecule is c1ccc(N(c2ccccc2)c2ccc3c(c2)c2ccc4sc5ccccc5c4c2n3-c2cccc3ccccc23)cc1. The lowest BCUT2D eigenvalue weighted by atomic mass is 10.1. The zero-order chi connectivity index (χ0) is 28.3. The summed E-state index contributed by atoms with van der Waals surface area (Å²) in [5, 5.41) is 7.64. The van der Waals surface area contributed by atoms with Crippen molar-refractivity contribution in [1.82, 2.24) is 4.57 Å². The van der Waals surface area contributed by atoms with Crippen LogP contribution in [-0.4, -0.2) is 4.57 Å². The molecule has 0 amide bonds. The third kappa shape index (κ3) is 3.72. The Morgan fingerprint density at radius 3 is 1.91 bits per heavy atom. The van der Waals surface area contributed by atoms with Crippen LogP contribution < -0.4 is 4.90 Å². The Morgan fingerprint density at radius 2 is 1.12 bits per heavy atom. The largest absolute Gasteiger partial charge is 0.310 e. The van der Waals surface area contributed by atoms with Gasteiger partial charge >= 0.3 is 0 Å². The van der Waals surface area contributed by atoms with Crippen LogP contribution in [0.4, 0.5) is 17.1 Å². The number of fused-ring (bicyclic) bond motifs is 8. The Bertz CT molecular complexity index is 2410. The number of thiophene rings is 1. The van der Waals surface area contributed by atoms with Crippen LogP contribution in [0.2, 0.25) is 0 Å². The van der Waals surface area contributed by atoms with Crippen LogP contribution in [0.25, 0.3) is 58.4 Å². The van der Waals surface area contributed by atoms with Gasteiger partial charge in [-0.2, -0.15) is 0 Å². The fraction of sp³-hybridized carbons (Fsp3) is 0. The van der Waals surface area contributed by atoms with Gasteiger partial charge in [0.1, 0.15) is 0 Å². The first-order valence-corrected chi connectivity index (χ1v) is 15.4. The first-order chi connectivity index (χ1) is 21.3. The van der Waals surface area contributed by atoms with E-state index < -0.39 is 0 Å². The average molecular weight is 567 g/mol. The Balaban J connectivity index is 1.42. The molecule has 9 aromatic rings. The first kappa shape index (κ1) is 24.2. The molecule has 0 unspecified atom stereocenters. The maximum Gasteiger partial charge on any atom is 0.0634 e. The van der Waals surface area contributed by atoms with Crippen molar-refractivity contribution in [2.45, 2.75) is 0 Å². The van der Waals surface area contributed by atoms with Gasteiger partial charge < -0.3 is 9.47 Å². The molecule has 0 bridgehead atoms. The third-order valence-electron chi connectivity index (χ3n) is 8.55. The molecule has 0 radical (unpaired) electrons. The maximum atomic E-state index is 2.51. The molecule has 2 nitrogen and oxygen atoms in total. The Labute approximate surface area is 253 Å². The molecule has 9 rings (SSSR count). The molecule has 7 aromatic carbocycles. The van der Waals surface area contributed by atoms with Gasteiger partial charge in [-0.3, -0.25) is 0 Å². The van der Waals surface area contributed by atoms with E-state index in [-0.39, 0.29) is 0 Å². The number of aromatic nitrogens is 1. The van der Waals surface area contributed by atoms with E-state index in [1.165, 1.54) is 58.4 Å². The quantitative estimate of drug-likeness (QED) is 0.206. The van der Waals surface area contributed by atoms with Crippen molar-refractivity contribution in [1.29, 1.82) is 0 Å². The summed E-state index contributed by atoms with van der Waals surface area (Å²) in [6.45, 7) is 0. The van der Waals surface area contributed by atoms with Gasteiger partial charge in [-0.15, -0.1) is 11.3 Å². The zero-order valence-electron chi connectivity index (χ0n) is 23.3. The lowest BCUT2D eigenvalue weighted by Crippen LogP contribution is -2.09. The van der Waals surface area contributed by atoms with E-state index in [0.29, 0.717) is 0 Å². The number of para-hydroxylation sites is 2. The van der Waals surface area contributed by atoms with Crippen LogP contribution in [0.5, 0.6) is 0 Å². The number of benzene rings is 7. The molecule has 0 atom stereocenters. The van der Waals surface area contributed by atoms with Crippen molar-refractivity contribution >= 4 is 81.1 Å². The Hall–Kier alpha value is -5.38. The van der Waals surface area contributed by atoms with Crippen molar-refractivity contribution in [2.24, 2.45) is 0 Å². The second kappa shape index (κ2) is 9.59. The molecule has 0 aliphatic carbocycles. The summed E-state index contributed by atoms with van der Waals surface area (Å²) in [5.74, 6) is 0. The predicted octanol–water partition coefficient (Wildman–Crippen LogP) is 11.8. The summed E-state index contributed by atoms with van der Waals surface area (Å²) in [6, 6.07) is 57.1. The summed E-state index contributed by atoms with van der Waals surface area (Å²) >= 11 is 1.87. The van der Waals surface area contributed by atoms with Crippen LogP contribution in [-0.2, 0) is 0 Å². The summed E-state index contributed by atoms with van der Waals surface area (Å²) < 4.78 is 5.14. The molecular formula is C40H26N2S. The van der Waals surface area contributed by atoms with Gasteiger partial charge in [-0.05, 0) is 66.0 Å². The topological polar surface area (TPSA) is 8.17 Å². The first-order valence-electron chi connectivity index (χ1n) is 14.6. The normalized spacial score (nSPS) is 11.7. The standard InChI is InChI=1S/C40H26N2S/c1-3-14-28(15-4-1)41(29-16-5-2-6-17-29)30-22-24-36-34(26-30)32-23-25-38-39(33-19-9-10-21-37(33)43-38)40(32)42(36)35-20-11-13-27-12-7-8-18-31(27)35/h1-26H. The summed E-state index contributed by atoms with van der Waals surface area (Å²) in [7, 11) is 0. The van der Waals surface area contributed by atoms with Gasteiger partial charge in [0.05, 0.1) is 16.7 Å². The molecule has 43 heavy (non-hydrogen) atoms. The number of anilines is 3. The molecule has 0 N–H and O–H groups in total. The molecule has 2 heterocycles. The van der Waals surface area contributed by atoms with E-state index in [0.717, 1.165) is 17.1 Å². The smallest absolute Gasteiger partial charge is 0.0634 e. The highest BCUT2D eigenvalue weighted by molar-refractivity contribution is 7.26. The minimum atomic E-state index is 1.14. The fourth-order valence-corrected chi connectivity index (χ4v) is 7.81. The third-order valence-corrected chi connectivity index (χ3v) is 9.68. The van der Waals surface area contributed by atoms with Crippen molar-refractivity contribution in [3.8, 4) is 5.69 Å². The number of nitrogens with zero attached hydrogens (tertiary/aromatic N) is 2. The predicted molar refractivity (Wildman–Crippen MR) is 186 cm³/mol. The van der Waals surface area contributed by atoms with E-state index in [1.54, 1.807) is 0 Å². The second-order valence-electron chi connectivity index (χ2n) is 11.0. The molecule has 0 saturated carbocycles. The van der Waals surface area contributed by atoms with Crippen LogP contribution in [0.15, 0.2) is 158 Å². The maximum absolute atomic E-state index is 2.51. The summed E-state index contributed by atoms with van der Waals surface area (Å²) in [4.78, 5) is 2.35. The van der Waals surface area contributed by atoms with Crippen LogP contribution in [0, 0.1) is 0 Å². The highest BCUT2D eigenvalue weighted by Gasteiger charge is 2.21. The molecule has 0 spiro atoms. The van der Waals surface area contributed by atoms with E-state index in [4.69, 9.17) is 0 Å². The molecular weight excluding hydrogens is 541 g/mol. The van der Waals surface area contributed by atoms with Crippen LogP contribution in [0.1, 0.15) is 0 Å². The second-order valence-corrected chi connectivity index (χ2v) is 12.1. The Kier molecular flexibility index (Phi) is 5.40. The molecule has 3 heteroatoms. The van der Waals surface area contributed by atoms with Crippen molar-refractivity contribution in [3.05, 3.63) is 158 Å². The van der Waals surface area contributed by atoms with Crippen LogP contribution in [0.3, 0.4) is 0 Å². The minimum absolute atomic E-state index is 1.14. The lowest BCUT2D eigenvalue weighted by molar-refractivity contribution is 1.20. The van der Waals surface area contributed by atoms with E-state index >= 15 is 0 Å². The van der Waals surface area contributed by atoms with Gasteiger partial charge in [0.2, 0.25) is 0 Å². The van der Waals surface area contributed by atoms with Gasteiger partial charge in [-0.1, -0.05) is 97.1 Å². The van der Waals surface area contributed by atoms with E-state index in [2.05, 4.69) is 167 Å². The number of rotatable bonds is 4. The molecule has 202 valence electrons. The van der Waals surface area contributed by atoms with Gasteiger partial charge in [0, 0.05) is 53.4 Å². The number of hydrogen-bond donors (Lipinski definition) is 0. The molecule has 2 aromatic heterocycles. The molecule has 0 saturated heterocycles. The van der Waals surface area contributed by atoms with E-state index in [1.807, 2.05) is 11.3 Å². The minimum Gasteiger partial charge on any atom is -0.310 e. The van der Waals surface area contributed by atoms with Gasteiger partial charge in [-0.25, -0.2) is 0 Å². The molecule has 0 fully saturated rings. The fourth-order valence-electron chi connectivity index (χ4n) is 6.70. The van der Waals surface area contributed by atoms with E-state index in [9.17, 15) is 0 Å². The highest BCUT2D eigenvalue weighted by Crippen LogP contribution is 2.45. The van der Waals surface area contributed by atoms with Gasteiger partial charge in [0.15, 0.2) is 0 Å². The summed E-state index contributed by atoms with van der Waals surface area (Å²) in [6.07, 6.45) is 0. The molecule has 0 aliphatic rings. The zero-order valence-corrected chi connectivity index (χ0v) is 24.1. The van der Waals surface area contributed by atoms with Crippen molar-refractivity contribution in [2.75, 3.05) is 4.90 Å². The number of hydrogen-bond acceptors (Lipinski definition) is 2. The van der Waals surface area contributed by atoms with Crippen molar-refractivity contribution in [3.63, 3.8) is 0 Å².